The summed E-state index contributed by atoms with van der Waals surface area (Å²) in [5, 5.41) is 19.8. The minimum absolute atomic E-state index is 0.0682. The van der Waals surface area contributed by atoms with Crippen molar-refractivity contribution < 1.29 is 23.4 Å². The van der Waals surface area contributed by atoms with E-state index in [-0.39, 0.29) is 6.04 Å². The molecule has 6 heteroatoms. The Balaban J connectivity index is 1.61. The van der Waals surface area contributed by atoms with E-state index in [4.69, 9.17) is 0 Å². The molecule has 1 aliphatic heterocycles. The fourth-order valence-corrected chi connectivity index (χ4v) is 3.72. The highest BCUT2D eigenvalue weighted by Gasteiger charge is 2.45. The number of likely N-dealkylation sites (tertiary alicyclic amines) is 1. The van der Waals surface area contributed by atoms with Crippen LogP contribution in [0.3, 0.4) is 0 Å². The van der Waals surface area contributed by atoms with Crippen LogP contribution in [0.15, 0.2) is 24.3 Å². The lowest BCUT2D eigenvalue weighted by atomic mass is 9.89. The van der Waals surface area contributed by atoms with Crippen molar-refractivity contribution in [2.75, 3.05) is 13.1 Å². The van der Waals surface area contributed by atoms with Crippen molar-refractivity contribution in [3.8, 4) is 0 Å². The van der Waals surface area contributed by atoms with E-state index in [1.165, 1.54) is 0 Å². The number of piperidine rings is 1. The summed E-state index contributed by atoms with van der Waals surface area (Å²) in [6.45, 7) is 0.959. The number of halogens is 3. The molecule has 122 valence electrons. The van der Waals surface area contributed by atoms with Gasteiger partial charge in [0, 0.05) is 6.04 Å². The van der Waals surface area contributed by atoms with Gasteiger partial charge in [-0.3, -0.25) is 4.90 Å². The molecule has 1 aromatic rings. The van der Waals surface area contributed by atoms with E-state index in [2.05, 4.69) is 4.90 Å². The maximum absolute atomic E-state index is 12.6. The molecule has 3 atom stereocenters. The predicted octanol–water partition coefficient (Wildman–Crippen LogP) is 2.28. The van der Waals surface area contributed by atoms with Gasteiger partial charge in [0.1, 0.15) is 0 Å². The highest BCUT2D eigenvalue weighted by atomic mass is 19.4. The van der Waals surface area contributed by atoms with Crippen molar-refractivity contribution >= 4 is 0 Å². The summed E-state index contributed by atoms with van der Waals surface area (Å²) in [7, 11) is 0. The smallest absolute Gasteiger partial charge is 0.387 e. The number of alkyl halides is 3. The second-order valence-corrected chi connectivity index (χ2v) is 6.27. The fourth-order valence-electron chi connectivity index (χ4n) is 3.72. The number of aliphatic hydroxyl groups excluding tert-OH is 2. The van der Waals surface area contributed by atoms with Gasteiger partial charge >= 0.3 is 6.18 Å². The molecule has 0 amide bonds. The first-order chi connectivity index (χ1) is 10.4. The number of hydrogen-bond acceptors (Lipinski definition) is 3. The van der Waals surface area contributed by atoms with Crippen LogP contribution in [0.4, 0.5) is 13.2 Å². The Hall–Kier alpha value is -1.11. The Morgan fingerprint density at radius 1 is 1.14 bits per heavy atom. The lowest BCUT2D eigenvalue weighted by molar-refractivity contribution is -0.223. The quantitative estimate of drug-likeness (QED) is 0.880. The van der Waals surface area contributed by atoms with Gasteiger partial charge < -0.3 is 10.2 Å². The molecular weight excluding hydrogens is 295 g/mol. The van der Waals surface area contributed by atoms with Gasteiger partial charge in [0.15, 0.2) is 6.10 Å². The summed E-state index contributed by atoms with van der Waals surface area (Å²) in [6, 6.07) is 7.64. The summed E-state index contributed by atoms with van der Waals surface area (Å²) in [5.41, 5.74) is 2.03. The van der Waals surface area contributed by atoms with Gasteiger partial charge in [-0.25, -0.2) is 0 Å². The third kappa shape index (κ3) is 2.87. The molecule has 1 heterocycles. The molecule has 0 radical (unpaired) electrons. The van der Waals surface area contributed by atoms with Gasteiger partial charge in [0.05, 0.1) is 6.10 Å². The molecule has 1 fully saturated rings. The number of nitrogens with zero attached hydrogens (tertiary/aromatic N) is 1. The Morgan fingerprint density at radius 3 is 2.36 bits per heavy atom. The number of aliphatic hydroxyl groups is 2. The highest BCUT2D eigenvalue weighted by molar-refractivity contribution is 5.35. The Bertz CT molecular complexity index is 526. The van der Waals surface area contributed by atoms with Crippen molar-refractivity contribution in [1.29, 1.82) is 0 Å². The lowest BCUT2D eigenvalue weighted by Gasteiger charge is -2.38. The number of fused-ring (bicyclic) bond motifs is 1. The first kappa shape index (κ1) is 15.8. The van der Waals surface area contributed by atoms with Crippen LogP contribution in [0.1, 0.15) is 30.1 Å². The molecule has 22 heavy (non-hydrogen) atoms. The van der Waals surface area contributed by atoms with Gasteiger partial charge in [-0.1, -0.05) is 24.3 Å². The van der Waals surface area contributed by atoms with Crippen LogP contribution in [-0.2, 0) is 6.42 Å². The topological polar surface area (TPSA) is 43.7 Å². The summed E-state index contributed by atoms with van der Waals surface area (Å²) in [5.74, 6) is -0.739. The van der Waals surface area contributed by atoms with Crippen LogP contribution in [0, 0.1) is 5.92 Å². The minimum atomic E-state index is -4.55. The molecule has 3 unspecified atom stereocenters. The second kappa shape index (κ2) is 5.83. The Labute approximate surface area is 127 Å². The second-order valence-electron chi connectivity index (χ2n) is 6.27. The van der Waals surface area contributed by atoms with Gasteiger partial charge in [-0.15, -0.1) is 0 Å². The van der Waals surface area contributed by atoms with E-state index >= 15 is 0 Å². The van der Waals surface area contributed by atoms with Crippen LogP contribution in [0.5, 0.6) is 0 Å². The molecule has 2 N–H and O–H groups in total. The van der Waals surface area contributed by atoms with Crippen molar-refractivity contribution in [1.82, 2.24) is 4.90 Å². The van der Waals surface area contributed by atoms with Gasteiger partial charge in [0.25, 0.3) is 0 Å². The van der Waals surface area contributed by atoms with E-state index in [0.29, 0.717) is 25.9 Å². The molecule has 0 bridgehead atoms. The van der Waals surface area contributed by atoms with Gasteiger partial charge in [0.2, 0.25) is 0 Å². The van der Waals surface area contributed by atoms with E-state index < -0.39 is 24.3 Å². The van der Waals surface area contributed by atoms with Gasteiger partial charge in [-0.2, -0.15) is 13.2 Å². The van der Waals surface area contributed by atoms with Crippen molar-refractivity contribution in [2.24, 2.45) is 5.92 Å². The maximum atomic E-state index is 12.6. The molecular formula is C16H20F3NO2. The monoisotopic (exact) mass is 315 g/mol. The number of hydrogen-bond donors (Lipinski definition) is 2. The third-order valence-corrected chi connectivity index (χ3v) is 4.99. The SMILES string of the molecule is OC1c2ccccc2CC1N1CCC(C(O)C(F)(F)F)CC1. The Kier molecular flexibility index (Phi) is 4.18. The lowest BCUT2D eigenvalue weighted by Crippen LogP contribution is -2.47. The number of rotatable bonds is 2. The van der Waals surface area contributed by atoms with Crippen molar-refractivity contribution in [3.05, 3.63) is 35.4 Å². The van der Waals surface area contributed by atoms with Crippen LogP contribution in [0.2, 0.25) is 0 Å². The van der Waals surface area contributed by atoms with Crippen LogP contribution < -0.4 is 0 Å². The van der Waals surface area contributed by atoms with E-state index in [9.17, 15) is 23.4 Å². The molecule has 1 aromatic carbocycles. The van der Waals surface area contributed by atoms with Crippen molar-refractivity contribution in [2.45, 2.75) is 43.7 Å². The van der Waals surface area contributed by atoms with E-state index in [1.807, 2.05) is 24.3 Å². The van der Waals surface area contributed by atoms with Crippen molar-refractivity contribution in [3.63, 3.8) is 0 Å². The van der Waals surface area contributed by atoms with Crippen LogP contribution >= 0.6 is 0 Å². The fraction of sp³-hybridized carbons (Fsp3) is 0.625. The zero-order chi connectivity index (χ0) is 15.9. The van der Waals surface area contributed by atoms with E-state index in [0.717, 1.165) is 17.5 Å². The Morgan fingerprint density at radius 2 is 1.77 bits per heavy atom. The molecule has 3 rings (SSSR count). The largest absolute Gasteiger partial charge is 0.414 e. The zero-order valence-corrected chi connectivity index (χ0v) is 12.1. The summed E-state index contributed by atoms with van der Waals surface area (Å²) < 4.78 is 37.7. The summed E-state index contributed by atoms with van der Waals surface area (Å²) in [4.78, 5) is 2.06. The summed E-state index contributed by atoms with van der Waals surface area (Å²) in [6.07, 6.45) is -6.03. The zero-order valence-electron chi connectivity index (χ0n) is 12.1. The standard InChI is InChI=1S/C16H20F3NO2/c17-16(18,19)15(22)10-5-7-20(8-6-10)13-9-11-3-1-2-4-12(11)14(13)21/h1-4,10,13-15,21-22H,5-9H2. The molecule has 3 nitrogen and oxygen atoms in total. The normalized spacial score (nSPS) is 28.6. The van der Waals surface area contributed by atoms with Crippen LogP contribution in [-0.4, -0.2) is 46.5 Å². The van der Waals surface area contributed by atoms with Gasteiger partial charge in [-0.05, 0) is 49.4 Å². The molecule has 0 spiro atoms. The molecule has 2 aliphatic rings. The minimum Gasteiger partial charge on any atom is -0.387 e. The molecule has 0 saturated carbocycles. The summed E-state index contributed by atoms with van der Waals surface area (Å²) >= 11 is 0. The number of benzene rings is 1. The first-order valence-electron chi connectivity index (χ1n) is 7.62. The highest BCUT2D eigenvalue weighted by Crippen LogP contribution is 2.37. The van der Waals surface area contributed by atoms with Crippen LogP contribution in [0.25, 0.3) is 0 Å². The molecule has 0 aromatic heterocycles. The maximum Gasteiger partial charge on any atom is 0.414 e. The average molecular weight is 315 g/mol. The average Bonchev–Trinajstić information content (AvgIpc) is 2.83. The predicted molar refractivity (Wildman–Crippen MR) is 75.3 cm³/mol. The molecule has 1 saturated heterocycles. The van der Waals surface area contributed by atoms with E-state index in [1.54, 1.807) is 0 Å². The first-order valence-corrected chi connectivity index (χ1v) is 7.62. The molecule has 1 aliphatic carbocycles. The third-order valence-electron chi connectivity index (χ3n) is 4.99.